The quantitative estimate of drug-likeness (QED) is 0.781. The molecule has 3 rings (SSSR count). The van der Waals surface area contributed by atoms with Gasteiger partial charge >= 0.3 is 0 Å². The molecule has 0 aromatic heterocycles. The highest BCUT2D eigenvalue weighted by atomic mass is 32.2. The van der Waals surface area contributed by atoms with Gasteiger partial charge in [0.15, 0.2) is 0 Å². The molecular formula is C23H30N2O3S. The molecule has 5 nitrogen and oxygen atoms in total. The molecule has 6 heteroatoms. The van der Waals surface area contributed by atoms with E-state index in [4.69, 9.17) is 0 Å². The molecule has 1 fully saturated rings. The van der Waals surface area contributed by atoms with Gasteiger partial charge in [-0.2, -0.15) is 4.31 Å². The molecule has 0 saturated carbocycles. The highest BCUT2D eigenvalue weighted by Gasteiger charge is 2.33. The van der Waals surface area contributed by atoms with E-state index in [0.29, 0.717) is 19.4 Å². The predicted molar refractivity (Wildman–Crippen MR) is 115 cm³/mol. The Morgan fingerprint density at radius 1 is 1.14 bits per heavy atom. The van der Waals surface area contributed by atoms with E-state index in [1.54, 1.807) is 24.3 Å². The Labute approximate surface area is 174 Å². The van der Waals surface area contributed by atoms with Crippen molar-refractivity contribution in [3.63, 3.8) is 0 Å². The lowest BCUT2D eigenvalue weighted by molar-refractivity contribution is -0.126. The van der Waals surface area contributed by atoms with E-state index in [-0.39, 0.29) is 29.3 Å². The molecule has 156 valence electrons. The van der Waals surface area contributed by atoms with Crippen LogP contribution in [0.2, 0.25) is 0 Å². The third-order valence-corrected chi connectivity index (χ3v) is 7.54. The van der Waals surface area contributed by atoms with Crippen LogP contribution in [0.3, 0.4) is 0 Å². The molecule has 1 aliphatic heterocycles. The SMILES string of the molecule is CCc1ccc(C(C)NC(=O)C2CCCN(S(=O)(=O)c3ccc(C)cc3)C2)cc1. The number of benzene rings is 2. The van der Waals surface area contributed by atoms with Crippen molar-refractivity contribution in [3.8, 4) is 0 Å². The molecule has 2 unspecified atom stereocenters. The largest absolute Gasteiger partial charge is 0.349 e. The topological polar surface area (TPSA) is 66.5 Å². The molecule has 1 heterocycles. The average molecular weight is 415 g/mol. The van der Waals surface area contributed by atoms with Crippen molar-refractivity contribution in [1.29, 1.82) is 0 Å². The van der Waals surface area contributed by atoms with Crippen LogP contribution in [-0.2, 0) is 21.2 Å². The number of amides is 1. The third kappa shape index (κ3) is 5.06. The van der Waals surface area contributed by atoms with Crippen LogP contribution in [0.25, 0.3) is 0 Å². The van der Waals surface area contributed by atoms with Crippen molar-refractivity contribution >= 4 is 15.9 Å². The molecule has 2 atom stereocenters. The van der Waals surface area contributed by atoms with E-state index in [0.717, 1.165) is 17.5 Å². The van der Waals surface area contributed by atoms with E-state index < -0.39 is 10.0 Å². The van der Waals surface area contributed by atoms with Crippen LogP contribution in [0.5, 0.6) is 0 Å². The predicted octanol–water partition coefficient (Wildman–Crippen LogP) is 3.84. The second-order valence-corrected chi connectivity index (χ2v) is 9.78. The molecule has 0 spiro atoms. The Bertz CT molecular complexity index is 937. The van der Waals surface area contributed by atoms with Crippen molar-refractivity contribution in [3.05, 3.63) is 65.2 Å². The summed E-state index contributed by atoms with van der Waals surface area (Å²) in [6.45, 7) is 6.67. The zero-order valence-corrected chi connectivity index (χ0v) is 18.2. The van der Waals surface area contributed by atoms with E-state index >= 15 is 0 Å². The first-order valence-corrected chi connectivity index (χ1v) is 11.7. The fourth-order valence-electron chi connectivity index (χ4n) is 3.69. The Morgan fingerprint density at radius 3 is 2.41 bits per heavy atom. The average Bonchev–Trinajstić information content (AvgIpc) is 2.74. The Hall–Kier alpha value is -2.18. The summed E-state index contributed by atoms with van der Waals surface area (Å²) in [7, 11) is -3.58. The van der Waals surface area contributed by atoms with Gasteiger partial charge in [0.25, 0.3) is 0 Å². The maximum atomic E-state index is 13.0. The normalized spacial score (nSPS) is 18.9. The summed E-state index contributed by atoms with van der Waals surface area (Å²) in [6, 6.07) is 15.0. The summed E-state index contributed by atoms with van der Waals surface area (Å²) >= 11 is 0. The molecule has 29 heavy (non-hydrogen) atoms. The number of carbonyl (C=O) groups excluding carboxylic acids is 1. The van der Waals surface area contributed by atoms with Gasteiger partial charge in [-0.25, -0.2) is 8.42 Å². The number of hydrogen-bond acceptors (Lipinski definition) is 3. The second kappa shape index (κ2) is 9.09. The van der Waals surface area contributed by atoms with Crippen molar-refractivity contribution in [2.45, 2.75) is 51.0 Å². The number of piperidine rings is 1. The fourth-order valence-corrected chi connectivity index (χ4v) is 5.21. The first-order chi connectivity index (χ1) is 13.8. The van der Waals surface area contributed by atoms with Gasteiger partial charge < -0.3 is 5.32 Å². The van der Waals surface area contributed by atoms with Crippen molar-refractivity contribution in [1.82, 2.24) is 9.62 Å². The van der Waals surface area contributed by atoms with E-state index in [1.165, 1.54) is 9.87 Å². The Balaban J connectivity index is 1.66. The number of aryl methyl sites for hydroxylation is 2. The lowest BCUT2D eigenvalue weighted by atomic mass is 9.97. The van der Waals surface area contributed by atoms with Crippen LogP contribution in [0.4, 0.5) is 0 Å². The van der Waals surface area contributed by atoms with Gasteiger partial charge in [-0.15, -0.1) is 0 Å². The van der Waals surface area contributed by atoms with E-state index in [9.17, 15) is 13.2 Å². The molecule has 2 aromatic carbocycles. The summed E-state index contributed by atoms with van der Waals surface area (Å²) in [5.41, 5.74) is 3.33. The summed E-state index contributed by atoms with van der Waals surface area (Å²) < 4.78 is 27.4. The highest BCUT2D eigenvalue weighted by molar-refractivity contribution is 7.89. The van der Waals surface area contributed by atoms with Gasteiger partial charge in [0.1, 0.15) is 0 Å². The fraction of sp³-hybridized carbons (Fsp3) is 0.435. The Morgan fingerprint density at radius 2 is 1.79 bits per heavy atom. The molecule has 0 radical (unpaired) electrons. The minimum absolute atomic E-state index is 0.0825. The first-order valence-electron chi connectivity index (χ1n) is 10.3. The molecule has 2 aromatic rings. The summed E-state index contributed by atoms with van der Waals surface area (Å²) in [5.74, 6) is -0.415. The molecule has 0 aliphatic carbocycles. The lowest BCUT2D eigenvalue weighted by Gasteiger charge is -2.32. The monoisotopic (exact) mass is 414 g/mol. The number of nitrogens with one attached hydrogen (secondary N) is 1. The molecule has 1 aliphatic rings. The van der Waals surface area contributed by atoms with Gasteiger partial charge in [0, 0.05) is 13.1 Å². The highest BCUT2D eigenvalue weighted by Crippen LogP contribution is 2.25. The van der Waals surface area contributed by atoms with Crippen molar-refractivity contribution in [2.24, 2.45) is 5.92 Å². The first kappa shape index (κ1) is 21.5. The zero-order chi connectivity index (χ0) is 21.0. The number of hydrogen-bond donors (Lipinski definition) is 1. The summed E-state index contributed by atoms with van der Waals surface area (Å²) in [4.78, 5) is 13.1. The number of carbonyl (C=O) groups is 1. The minimum Gasteiger partial charge on any atom is -0.349 e. The van der Waals surface area contributed by atoms with E-state index in [2.05, 4.69) is 24.4 Å². The van der Waals surface area contributed by atoms with Crippen molar-refractivity contribution in [2.75, 3.05) is 13.1 Å². The van der Waals surface area contributed by atoms with Crippen LogP contribution in [-0.4, -0.2) is 31.7 Å². The van der Waals surface area contributed by atoms with E-state index in [1.807, 2.05) is 26.0 Å². The second-order valence-electron chi connectivity index (χ2n) is 7.84. The number of nitrogens with zero attached hydrogens (tertiary/aromatic N) is 1. The van der Waals surface area contributed by atoms with Crippen molar-refractivity contribution < 1.29 is 13.2 Å². The summed E-state index contributed by atoms with van der Waals surface area (Å²) in [5, 5.41) is 3.06. The van der Waals surface area contributed by atoms with Gasteiger partial charge in [-0.3, -0.25) is 4.79 Å². The van der Waals surface area contributed by atoms with Crippen LogP contribution in [0, 0.1) is 12.8 Å². The van der Waals surface area contributed by atoms with Gasteiger partial charge in [-0.05, 0) is 56.4 Å². The molecular weight excluding hydrogens is 384 g/mol. The smallest absolute Gasteiger partial charge is 0.243 e. The Kier molecular flexibility index (Phi) is 6.75. The zero-order valence-electron chi connectivity index (χ0n) is 17.4. The van der Waals surface area contributed by atoms with Gasteiger partial charge in [0.05, 0.1) is 16.9 Å². The van der Waals surface area contributed by atoms with Crippen LogP contribution >= 0.6 is 0 Å². The van der Waals surface area contributed by atoms with Crippen LogP contribution in [0.15, 0.2) is 53.4 Å². The third-order valence-electron chi connectivity index (χ3n) is 5.66. The molecule has 1 amide bonds. The van der Waals surface area contributed by atoms with Crippen LogP contribution in [0.1, 0.15) is 49.4 Å². The molecule has 0 bridgehead atoms. The summed E-state index contributed by atoms with van der Waals surface area (Å²) in [6.07, 6.45) is 2.37. The van der Waals surface area contributed by atoms with Crippen LogP contribution < -0.4 is 5.32 Å². The lowest BCUT2D eigenvalue weighted by Crippen LogP contribution is -2.45. The molecule has 1 N–H and O–H groups in total. The minimum atomic E-state index is -3.58. The standard InChI is InChI=1S/C23H30N2O3S/c1-4-19-9-11-20(12-10-19)18(3)24-23(26)21-6-5-15-25(16-21)29(27,28)22-13-7-17(2)8-14-22/h7-14,18,21H,4-6,15-16H2,1-3H3,(H,24,26). The maximum Gasteiger partial charge on any atom is 0.243 e. The molecule has 1 saturated heterocycles. The number of sulfonamides is 1. The maximum absolute atomic E-state index is 13.0. The van der Waals surface area contributed by atoms with Gasteiger partial charge in [-0.1, -0.05) is 48.9 Å². The number of rotatable bonds is 6. The van der Waals surface area contributed by atoms with Gasteiger partial charge in [0.2, 0.25) is 15.9 Å².